The molecule has 0 bridgehead atoms. The van der Waals surface area contributed by atoms with Crippen LogP contribution in [0.1, 0.15) is 77.6 Å². The Labute approximate surface area is 330 Å². The molecule has 0 aliphatic carbocycles. The van der Waals surface area contributed by atoms with E-state index in [-0.39, 0.29) is 10.8 Å². The Balaban J connectivity index is 0.000000218. The van der Waals surface area contributed by atoms with Crippen LogP contribution in [0.25, 0.3) is 12.2 Å². The van der Waals surface area contributed by atoms with Crippen LogP contribution in [0.5, 0.6) is 0 Å². The Hall–Kier alpha value is -4.83. The van der Waals surface area contributed by atoms with Crippen molar-refractivity contribution in [3.8, 4) is 0 Å². The molecule has 0 saturated heterocycles. The molecule has 0 saturated carbocycles. The predicted molar refractivity (Wildman–Crippen MR) is 229 cm³/mol. The number of hydrogen-bond donors (Lipinski definition) is 0. The van der Waals surface area contributed by atoms with Crippen LogP contribution in [0.4, 0.5) is 22.7 Å². The molecule has 2 heterocycles. The van der Waals surface area contributed by atoms with Crippen molar-refractivity contribution in [2.24, 2.45) is 0 Å². The molecule has 8 nitrogen and oxygen atoms in total. The van der Waals surface area contributed by atoms with Crippen LogP contribution in [0, 0.1) is 0 Å². The maximum absolute atomic E-state index is 8.52. The van der Waals surface area contributed by atoms with Gasteiger partial charge in [-0.3, -0.25) is 8.42 Å². The van der Waals surface area contributed by atoms with Gasteiger partial charge >= 0.3 is 0 Å². The van der Waals surface area contributed by atoms with Gasteiger partial charge < -0.3 is 18.9 Å². The summed E-state index contributed by atoms with van der Waals surface area (Å²) in [5.41, 5.74) is 13.2. The fourth-order valence-electron chi connectivity index (χ4n) is 7.72. The van der Waals surface area contributed by atoms with Crippen LogP contribution < -0.4 is 9.80 Å². The quantitative estimate of drug-likeness (QED) is 0.0910. The molecule has 4 aromatic carbocycles. The van der Waals surface area contributed by atoms with Gasteiger partial charge in [-0.25, -0.2) is 0 Å². The predicted octanol–water partition coefficient (Wildman–Crippen LogP) is 9.17. The van der Waals surface area contributed by atoms with Gasteiger partial charge in [0, 0.05) is 83.4 Å². The van der Waals surface area contributed by atoms with Crippen molar-refractivity contribution in [3.63, 3.8) is 0 Å². The van der Waals surface area contributed by atoms with Gasteiger partial charge in [0.2, 0.25) is 11.4 Å². The molecular formula is C46H58N4O4S. The first-order chi connectivity index (χ1) is 26.0. The first kappa shape index (κ1) is 42.9. The normalized spacial score (nSPS) is 15.3. The van der Waals surface area contributed by atoms with Gasteiger partial charge in [0.25, 0.3) is 0 Å². The number of para-hydroxylation sites is 2. The van der Waals surface area contributed by atoms with Crippen molar-refractivity contribution < 1.29 is 26.7 Å². The van der Waals surface area contributed by atoms with E-state index in [9.17, 15) is 0 Å². The fourth-order valence-corrected chi connectivity index (χ4v) is 7.72. The molecule has 0 fully saturated rings. The molecule has 292 valence electrons. The second-order valence-corrected chi connectivity index (χ2v) is 15.6. The molecule has 4 aromatic rings. The fraction of sp³-hybridized carbons (Fsp3) is 0.348. The van der Waals surface area contributed by atoms with E-state index in [0.29, 0.717) is 0 Å². The van der Waals surface area contributed by atoms with Crippen molar-refractivity contribution in [1.82, 2.24) is 0 Å². The summed E-state index contributed by atoms with van der Waals surface area (Å²) in [5, 5.41) is 0. The minimum atomic E-state index is -5.17. The Morgan fingerprint density at radius 3 is 1.09 bits per heavy atom. The summed E-state index contributed by atoms with van der Waals surface area (Å²) in [4.78, 5) is 4.74. The first-order valence-corrected chi connectivity index (χ1v) is 20.4. The number of benzene rings is 4. The topological polar surface area (TPSA) is 92.8 Å². The second kappa shape index (κ2) is 18.2. The third-order valence-corrected chi connectivity index (χ3v) is 10.8. The highest BCUT2D eigenvalue weighted by Gasteiger charge is 2.43. The van der Waals surface area contributed by atoms with Gasteiger partial charge in [-0.05, 0) is 103 Å². The zero-order chi connectivity index (χ0) is 40.6. The molecular weight excluding hydrogens is 705 g/mol. The van der Waals surface area contributed by atoms with Gasteiger partial charge in [0.05, 0.1) is 10.8 Å². The summed E-state index contributed by atoms with van der Waals surface area (Å²) in [6.45, 7) is 22.2. The van der Waals surface area contributed by atoms with Crippen molar-refractivity contribution in [1.29, 1.82) is 0 Å². The third kappa shape index (κ3) is 10.3. The first-order valence-electron chi connectivity index (χ1n) is 19.1. The molecule has 0 spiro atoms. The highest BCUT2D eigenvalue weighted by molar-refractivity contribution is 7.79. The maximum atomic E-state index is 8.52. The standard InChI is InChI=1S/2C23H29N2.H2O4S/c2*1-6-25(7-2)19-15-12-18(13-16-19)14-17-22-23(3,4)20-10-8-9-11-21(20)24(22)5;1-5(2,3)4/h2*8-17H,6-7H2,1-5H3;(H2,1,2,3,4)/q2*+1;/p-2. The van der Waals surface area contributed by atoms with Crippen LogP contribution in [0.2, 0.25) is 0 Å². The van der Waals surface area contributed by atoms with Crippen LogP contribution in [-0.4, -0.2) is 78.4 Å². The summed E-state index contributed by atoms with van der Waals surface area (Å²) in [6.07, 6.45) is 9.00. The SMILES string of the molecule is CCN(CC)c1ccc(C=CC2=[N+](C)c3ccccc3C2(C)C)cc1.CCN(CC)c1ccc(C=CC2=[N+](C)c3ccccc3C2(C)C)cc1.O=S(=O)([O-])[O-]. The average Bonchev–Trinajstić information content (AvgIpc) is 3.48. The molecule has 0 amide bonds. The summed E-state index contributed by atoms with van der Waals surface area (Å²) < 4.78 is 38.7. The molecule has 2 aliphatic rings. The van der Waals surface area contributed by atoms with Crippen molar-refractivity contribution in [2.45, 2.75) is 66.2 Å². The van der Waals surface area contributed by atoms with Crippen LogP contribution in [0.3, 0.4) is 0 Å². The van der Waals surface area contributed by atoms with Gasteiger partial charge in [0.15, 0.2) is 11.4 Å². The van der Waals surface area contributed by atoms with Gasteiger partial charge in [-0.15, -0.1) is 0 Å². The summed E-state index contributed by atoms with van der Waals surface area (Å²) in [5.74, 6) is 0. The lowest BCUT2D eigenvalue weighted by Gasteiger charge is -2.20. The number of rotatable bonds is 10. The van der Waals surface area contributed by atoms with E-state index in [1.165, 1.54) is 56.4 Å². The number of hydrogen-bond acceptors (Lipinski definition) is 6. The van der Waals surface area contributed by atoms with E-state index in [0.717, 1.165) is 26.2 Å². The molecule has 2 aliphatic heterocycles. The molecule has 55 heavy (non-hydrogen) atoms. The van der Waals surface area contributed by atoms with Gasteiger partial charge in [-0.1, -0.05) is 60.7 Å². The minimum Gasteiger partial charge on any atom is -0.759 e. The number of anilines is 2. The monoisotopic (exact) mass is 762 g/mol. The molecule has 9 heteroatoms. The summed E-state index contributed by atoms with van der Waals surface area (Å²) in [7, 11) is -0.840. The summed E-state index contributed by atoms with van der Waals surface area (Å²) >= 11 is 0. The number of nitrogens with zero attached hydrogens (tertiary/aromatic N) is 4. The zero-order valence-corrected chi connectivity index (χ0v) is 35.0. The lowest BCUT2D eigenvalue weighted by Crippen LogP contribution is -2.26. The Bertz CT molecular complexity index is 2010. The van der Waals surface area contributed by atoms with Crippen molar-refractivity contribution >= 4 is 56.7 Å². The van der Waals surface area contributed by atoms with E-state index in [2.05, 4.69) is 210 Å². The summed E-state index contributed by atoms with van der Waals surface area (Å²) in [6, 6.07) is 35.1. The van der Waals surface area contributed by atoms with Gasteiger partial charge in [-0.2, -0.15) is 9.15 Å². The third-order valence-electron chi connectivity index (χ3n) is 10.8. The number of allylic oxidation sites excluding steroid dienone is 2. The molecule has 0 aromatic heterocycles. The van der Waals surface area contributed by atoms with Crippen LogP contribution in [0.15, 0.2) is 109 Å². The van der Waals surface area contributed by atoms with Crippen molar-refractivity contribution in [3.05, 3.63) is 131 Å². The van der Waals surface area contributed by atoms with E-state index < -0.39 is 10.4 Å². The van der Waals surface area contributed by atoms with E-state index in [4.69, 9.17) is 17.5 Å². The molecule has 0 radical (unpaired) electrons. The smallest absolute Gasteiger partial charge is 0.209 e. The molecule has 0 N–H and O–H groups in total. The Morgan fingerprint density at radius 1 is 0.527 bits per heavy atom. The molecule has 6 rings (SSSR count). The van der Waals surface area contributed by atoms with E-state index in [1.807, 2.05) is 0 Å². The molecule has 0 unspecified atom stereocenters. The van der Waals surface area contributed by atoms with E-state index in [1.54, 1.807) is 0 Å². The van der Waals surface area contributed by atoms with E-state index >= 15 is 0 Å². The van der Waals surface area contributed by atoms with Gasteiger partial charge in [0.1, 0.15) is 14.1 Å². The maximum Gasteiger partial charge on any atom is 0.209 e. The lowest BCUT2D eigenvalue weighted by atomic mass is 9.81. The second-order valence-electron chi connectivity index (χ2n) is 14.8. The lowest BCUT2D eigenvalue weighted by molar-refractivity contribution is -0.401. The van der Waals surface area contributed by atoms with Crippen molar-refractivity contribution in [2.75, 3.05) is 50.1 Å². The Morgan fingerprint density at radius 2 is 0.818 bits per heavy atom. The van der Waals surface area contributed by atoms with Crippen LogP contribution >= 0.6 is 0 Å². The average molecular weight is 763 g/mol. The zero-order valence-electron chi connectivity index (χ0n) is 34.2. The highest BCUT2D eigenvalue weighted by atomic mass is 32.3. The number of fused-ring (bicyclic) bond motifs is 2. The van der Waals surface area contributed by atoms with Crippen LogP contribution in [-0.2, 0) is 21.2 Å². The minimum absolute atomic E-state index is 0.0308. The highest BCUT2D eigenvalue weighted by Crippen LogP contribution is 2.40. The molecule has 0 atom stereocenters. The Kier molecular flexibility index (Phi) is 14.2. The largest absolute Gasteiger partial charge is 0.759 e.